The third-order valence-electron chi connectivity index (χ3n) is 3.65. The van der Waals surface area contributed by atoms with Crippen molar-refractivity contribution in [1.29, 1.82) is 0 Å². The van der Waals surface area contributed by atoms with Crippen LogP contribution in [0.5, 0.6) is 0 Å². The lowest BCUT2D eigenvalue weighted by atomic mass is 9.81. The largest absolute Gasteiger partial charge is 0.347 e. The van der Waals surface area contributed by atoms with Gasteiger partial charge in [-0.3, -0.25) is 4.79 Å². The van der Waals surface area contributed by atoms with Gasteiger partial charge in [-0.25, -0.2) is 13.1 Å². The van der Waals surface area contributed by atoms with Crippen LogP contribution in [-0.2, 0) is 10.0 Å². The molecule has 1 rings (SSSR count). The highest BCUT2D eigenvalue weighted by atomic mass is 32.2. The Morgan fingerprint density at radius 1 is 1.12 bits per heavy atom. The zero-order valence-corrected chi connectivity index (χ0v) is 17.1. The number of sulfonamides is 1. The van der Waals surface area contributed by atoms with E-state index >= 15 is 0 Å². The molecule has 0 spiro atoms. The SMILES string of the molecule is CCCCNS(=O)(=O)c1cccc(C(=O)NC(C)(C)CC(C)(C)C)c1. The van der Waals surface area contributed by atoms with Crippen LogP contribution < -0.4 is 10.0 Å². The van der Waals surface area contributed by atoms with Gasteiger partial charge in [0.15, 0.2) is 0 Å². The summed E-state index contributed by atoms with van der Waals surface area (Å²) < 4.78 is 27.2. The van der Waals surface area contributed by atoms with E-state index in [1.54, 1.807) is 12.1 Å². The van der Waals surface area contributed by atoms with Gasteiger partial charge in [0.05, 0.1) is 4.90 Å². The highest BCUT2D eigenvalue weighted by Gasteiger charge is 2.27. The fourth-order valence-electron chi connectivity index (χ4n) is 3.02. The van der Waals surface area contributed by atoms with E-state index in [0.29, 0.717) is 12.1 Å². The van der Waals surface area contributed by atoms with Gasteiger partial charge < -0.3 is 5.32 Å². The van der Waals surface area contributed by atoms with E-state index in [1.165, 1.54) is 12.1 Å². The van der Waals surface area contributed by atoms with Gasteiger partial charge in [-0.2, -0.15) is 0 Å². The summed E-state index contributed by atoms with van der Waals surface area (Å²) in [6.07, 6.45) is 2.50. The monoisotopic (exact) mass is 368 g/mol. The second-order valence-corrected chi connectivity index (χ2v) is 10.1. The average Bonchev–Trinajstić information content (AvgIpc) is 2.44. The van der Waals surface area contributed by atoms with Gasteiger partial charge in [0.1, 0.15) is 0 Å². The molecule has 0 atom stereocenters. The minimum Gasteiger partial charge on any atom is -0.347 e. The molecule has 142 valence electrons. The van der Waals surface area contributed by atoms with Gasteiger partial charge in [0.2, 0.25) is 10.0 Å². The second kappa shape index (κ2) is 8.32. The van der Waals surface area contributed by atoms with E-state index in [0.717, 1.165) is 19.3 Å². The first kappa shape index (κ1) is 21.6. The molecule has 1 aromatic carbocycles. The Labute approximate surface area is 152 Å². The first-order valence-electron chi connectivity index (χ1n) is 8.78. The Morgan fingerprint density at radius 2 is 1.76 bits per heavy atom. The first-order chi connectivity index (χ1) is 11.4. The predicted octanol–water partition coefficient (Wildman–Crippen LogP) is 3.71. The molecule has 1 amide bonds. The molecule has 0 fully saturated rings. The van der Waals surface area contributed by atoms with Crippen molar-refractivity contribution in [3.63, 3.8) is 0 Å². The lowest BCUT2D eigenvalue weighted by Crippen LogP contribution is -2.45. The Balaban J connectivity index is 2.92. The lowest BCUT2D eigenvalue weighted by Gasteiger charge is -2.33. The number of unbranched alkanes of at least 4 members (excludes halogenated alkanes) is 1. The summed E-state index contributed by atoms with van der Waals surface area (Å²) in [5.41, 5.74) is 0.0368. The molecule has 0 aliphatic carbocycles. The molecule has 0 unspecified atom stereocenters. The minimum absolute atomic E-state index is 0.0746. The standard InChI is InChI=1S/C19H32N2O3S/c1-7-8-12-20-25(23,24)16-11-9-10-15(13-16)17(22)21-19(5,6)14-18(2,3)4/h9-11,13,20H,7-8,12,14H2,1-6H3,(H,21,22). The van der Waals surface area contributed by atoms with Gasteiger partial charge in [-0.1, -0.05) is 40.2 Å². The molecule has 25 heavy (non-hydrogen) atoms. The molecular formula is C19H32N2O3S. The van der Waals surface area contributed by atoms with Crippen LogP contribution in [0.15, 0.2) is 29.2 Å². The Kier molecular flexibility index (Phi) is 7.20. The third kappa shape index (κ3) is 7.57. The van der Waals surface area contributed by atoms with Crippen LogP contribution >= 0.6 is 0 Å². The summed E-state index contributed by atoms with van der Waals surface area (Å²) in [4.78, 5) is 12.7. The zero-order chi connectivity index (χ0) is 19.3. The highest BCUT2D eigenvalue weighted by Crippen LogP contribution is 2.27. The van der Waals surface area contributed by atoms with Crippen LogP contribution in [0.25, 0.3) is 0 Å². The summed E-state index contributed by atoms with van der Waals surface area (Å²) in [5, 5.41) is 3.01. The van der Waals surface area contributed by atoms with Crippen LogP contribution in [0, 0.1) is 5.41 Å². The van der Waals surface area contributed by atoms with Crippen LogP contribution in [0.1, 0.15) is 71.2 Å². The van der Waals surface area contributed by atoms with E-state index < -0.39 is 10.0 Å². The fourth-order valence-corrected chi connectivity index (χ4v) is 4.14. The molecule has 0 heterocycles. The van der Waals surface area contributed by atoms with Gasteiger partial charge >= 0.3 is 0 Å². The van der Waals surface area contributed by atoms with Crippen LogP contribution in [-0.4, -0.2) is 26.4 Å². The minimum atomic E-state index is -3.59. The summed E-state index contributed by atoms with van der Waals surface area (Å²) >= 11 is 0. The number of nitrogens with one attached hydrogen (secondary N) is 2. The maximum atomic E-state index is 12.6. The maximum Gasteiger partial charge on any atom is 0.251 e. The smallest absolute Gasteiger partial charge is 0.251 e. The number of rotatable bonds is 8. The molecule has 1 aromatic rings. The zero-order valence-electron chi connectivity index (χ0n) is 16.3. The first-order valence-corrected chi connectivity index (χ1v) is 10.3. The van der Waals surface area contributed by atoms with Crippen LogP contribution in [0.3, 0.4) is 0 Å². The number of carbonyl (C=O) groups is 1. The number of hydrogen-bond donors (Lipinski definition) is 2. The molecule has 6 heteroatoms. The fraction of sp³-hybridized carbons (Fsp3) is 0.632. The Bertz CT molecular complexity index is 689. The maximum absolute atomic E-state index is 12.6. The van der Waals surface area contributed by atoms with Gasteiger partial charge in [0, 0.05) is 17.6 Å². The molecule has 0 aliphatic heterocycles. The summed E-state index contributed by atoms with van der Waals surface area (Å²) in [6.45, 7) is 12.7. The molecule has 0 aromatic heterocycles. The quantitative estimate of drug-likeness (QED) is 0.687. The highest BCUT2D eigenvalue weighted by molar-refractivity contribution is 7.89. The molecule has 0 saturated carbocycles. The van der Waals surface area contributed by atoms with E-state index in [4.69, 9.17) is 0 Å². The summed E-state index contributed by atoms with van der Waals surface area (Å²) in [7, 11) is -3.59. The van der Waals surface area contributed by atoms with Crippen molar-refractivity contribution < 1.29 is 13.2 Å². The molecule has 0 aliphatic rings. The van der Waals surface area contributed by atoms with E-state index in [9.17, 15) is 13.2 Å². The van der Waals surface area contributed by atoms with E-state index in [-0.39, 0.29) is 21.8 Å². The van der Waals surface area contributed by atoms with Gasteiger partial charge in [-0.15, -0.1) is 0 Å². The number of carbonyl (C=O) groups excluding carboxylic acids is 1. The van der Waals surface area contributed by atoms with Crippen molar-refractivity contribution in [2.24, 2.45) is 5.41 Å². The summed E-state index contributed by atoms with van der Waals surface area (Å²) in [6, 6.07) is 6.16. The molecule has 0 bridgehead atoms. The average molecular weight is 369 g/mol. The van der Waals surface area contributed by atoms with Crippen molar-refractivity contribution in [2.45, 2.75) is 71.2 Å². The molecular weight excluding hydrogens is 336 g/mol. The van der Waals surface area contributed by atoms with Crippen molar-refractivity contribution >= 4 is 15.9 Å². The van der Waals surface area contributed by atoms with Gasteiger partial charge in [-0.05, 0) is 50.3 Å². The Morgan fingerprint density at radius 3 is 2.32 bits per heavy atom. The van der Waals surface area contributed by atoms with Gasteiger partial charge in [0.25, 0.3) is 5.91 Å². The number of amides is 1. The third-order valence-corrected chi connectivity index (χ3v) is 5.11. The molecule has 5 nitrogen and oxygen atoms in total. The second-order valence-electron chi connectivity index (χ2n) is 8.35. The van der Waals surface area contributed by atoms with Crippen molar-refractivity contribution in [3.05, 3.63) is 29.8 Å². The number of hydrogen-bond acceptors (Lipinski definition) is 3. The van der Waals surface area contributed by atoms with Crippen LogP contribution in [0.2, 0.25) is 0 Å². The summed E-state index contributed by atoms with van der Waals surface area (Å²) in [5.74, 6) is -0.264. The molecule has 2 N–H and O–H groups in total. The van der Waals surface area contributed by atoms with E-state index in [2.05, 4.69) is 30.8 Å². The Hall–Kier alpha value is -1.40. The van der Waals surface area contributed by atoms with E-state index in [1.807, 2.05) is 20.8 Å². The van der Waals surface area contributed by atoms with Crippen molar-refractivity contribution in [2.75, 3.05) is 6.54 Å². The topological polar surface area (TPSA) is 75.3 Å². The predicted molar refractivity (Wildman–Crippen MR) is 102 cm³/mol. The molecule has 0 saturated heterocycles. The number of benzene rings is 1. The van der Waals surface area contributed by atoms with Crippen molar-refractivity contribution in [3.8, 4) is 0 Å². The lowest BCUT2D eigenvalue weighted by molar-refractivity contribution is 0.0891. The van der Waals surface area contributed by atoms with Crippen LogP contribution in [0.4, 0.5) is 0 Å². The molecule has 0 radical (unpaired) electrons. The van der Waals surface area contributed by atoms with Crippen molar-refractivity contribution in [1.82, 2.24) is 10.0 Å². The normalized spacial score (nSPS) is 12.9.